The van der Waals surface area contributed by atoms with Gasteiger partial charge in [0.15, 0.2) is 0 Å². The van der Waals surface area contributed by atoms with Crippen LogP contribution in [-0.4, -0.2) is 9.78 Å². The molecule has 2 rings (SSSR count). The van der Waals surface area contributed by atoms with E-state index in [2.05, 4.69) is 93.0 Å². The number of aryl methyl sites for hydroxylation is 2. The van der Waals surface area contributed by atoms with Crippen LogP contribution in [0.15, 0.2) is 12.1 Å². The van der Waals surface area contributed by atoms with Gasteiger partial charge in [0.2, 0.25) is 0 Å². The number of rotatable bonds is 2. The first kappa shape index (κ1) is 23.2. The van der Waals surface area contributed by atoms with Crippen molar-refractivity contribution in [3.63, 3.8) is 0 Å². The Hall–Kier alpha value is -0.882. The summed E-state index contributed by atoms with van der Waals surface area (Å²) in [4.78, 5) is 0. The standard InChI is InChI=1S/C23H36N2.Pt/c1-14(2)25-21(23(9,10)11)19(20(24-25)22(6,7)8)18-12-15(3)17(5)16(4)13-18;/h12-14H,1-11H3;. The second-order valence-corrected chi connectivity index (χ2v) is 9.85. The van der Waals surface area contributed by atoms with Gasteiger partial charge in [-0.1, -0.05) is 53.7 Å². The fraction of sp³-hybridized carbons (Fsp3) is 0.609. The summed E-state index contributed by atoms with van der Waals surface area (Å²) in [6.45, 7) is 24.8. The zero-order valence-electron chi connectivity index (χ0n) is 18.4. The van der Waals surface area contributed by atoms with Gasteiger partial charge in [-0.15, -0.1) is 0 Å². The van der Waals surface area contributed by atoms with Crippen LogP contribution in [0.1, 0.15) is 89.5 Å². The molecular weight excluding hydrogens is 499 g/mol. The minimum Gasteiger partial charge on any atom is -0.266 e. The van der Waals surface area contributed by atoms with Crippen molar-refractivity contribution in [2.45, 2.75) is 93.0 Å². The Bertz CT molecular complexity index is 761. The Kier molecular flexibility index (Phi) is 6.79. The zero-order valence-corrected chi connectivity index (χ0v) is 20.7. The van der Waals surface area contributed by atoms with Crippen LogP contribution in [0.5, 0.6) is 0 Å². The van der Waals surface area contributed by atoms with E-state index in [1.807, 2.05) is 0 Å². The molecule has 1 aromatic heterocycles. The number of benzene rings is 1. The van der Waals surface area contributed by atoms with Crippen LogP contribution in [0.25, 0.3) is 11.1 Å². The van der Waals surface area contributed by atoms with Crippen molar-refractivity contribution in [2.75, 3.05) is 0 Å². The van der Waals surface area contributed by atoms with E-state index in [4.69, 9.17) is 5.10 Å². The summed E-state index contributed by atoms with van der Waals surface area (Å²) in [6.07, 6.45) is 0. The van der Waals surface area contributed by atoms with Gasteiger partial charge < -0.3 is 0 Å². The van der Waals surface area contributed by atoms with Crippen LogP contribution in [0.2, 0.25) is 0 Å². The first-order valence-electron chi connectivity index (χ1n) is 9.46. The summed E-state index contributed by atoms with van der Waals surface area (Å²) in [7, 11) is 0. The van der Waals surface area contributed by atoms with E-state index in [1.165, 1.54) is 39.2 Å². The maximum Gasteiger partial charge on any atom is 0.0759 e. The molecule has 0 aliphatic heterocycles. The van der Waals surface area contributed by atoms with Crippen molar-refractivity contribution in [2.24, 2.45) is 0 Å². The smallest absolute Gasteiger partial charge is 0.0759 e. The van der Waals surface area contributed by atoms with Crippen molar-refractivity contribution in [3.8, 4) is 11.1 Å². The molecule has 0 saturated carbocycles. The molecule has 26 heavy (non-hydrogen) atoms. The van der Waals surface area contributed by atoms with Gasteiger partial charge in [0.05, 0.1) is 11.4 Å². The number of hydrogen-bond donors (Lipinski definition) is 0. The fourth-order valence-electron chi connectivity index (χ4n) is 3.51. The summed E-state index contributed by atoms with van der Waals surface area (Å²) in [5.41, 5.74) is 9.31. The predicted octanol–water partition coefficient (Wildman–Crippen LogP) is 6.65. The van der Waals surface area contributed by atoms with Crippen LogP contribution in [0.3, 0.4) is 0 Å². The molecule has 1 aromatic carbocycles. The Morgan fingerprint density at radius 1 is 0.846 bits per heavy atom. The van der Waals surface area contributed by atoms with Crippen LogP contribution in [-0.2, 0) is 31.9 Å². The molecule has 0 amide bonds. The monoisotopic (exact) mass is 535 g/mol. The Balaban J connectivity index is 0.00000338. The number of aromatic nitrogens is 2. The third kappa shape index (κ3) is 4.33. The summed E-state index contributed by atoms with van der Waals surface area (Å²) in [6, 6.07) is 5.03. The summed E-state index contributed by atoms with van der Waals surface area (Å²) >= 11 is 0. The van der Waals surface area contributed by atoms with Gasteiger partial charge in [0.1, 0.15) is 0 Å². The number of hydrogen-bond acceptors (Lipinski definition) is 1. The topological polar surface area (TPSA) is 17.8 Å². The molecule has 0 aliphatic carbocycles. The van der Waals surface area contributed by atoms with Gasteiger partial charge in [-0.3, -0.25) is 4.68 Å². The first-order valence-corrected chi connectivity index (χ1v) is 9.46. The number of nitrogens with zero attached hydrogens (tertiary/aromatic N) is 2. The molecule has 2 nitrogen and oxygen atoms in total. The molecular formula is C23H36N2Pt. The molecule has 0 aliphatic rings. The zero-order chi connectivity index (χ0) is 19.3. The van der Waals surface area contributed by atoms with Crippen LogP contribution >= 0.6 is 0 Å². The minimum atomic E-state index is 0. The molecule has 0 saturated heterocycles. The Morgan fingerprint density at radius 3 is 1.65 bits per heavy atom. The van der Waals surface area contributed by atoms with E-state index in [0.29, 0.717) is 6.04 Å². The molecule has 0 fully saturated rings. The average Bonchev–Trinajstić information content (AvgIpc) is 2.84. The van der Waals surface area contributed by atoms with Crippen molar-refractivity contribution in [1.29, 1.82) is 0 Å². The van der Waals surface area contributed by atoms with Gasteiger partial charge in [-0.2, -0.15) is 5.10 Å². The molecule has 0 unspecified atom stereocenters. The summed E-state index contributed by atoms with van der Waals surface area (Å²) in [5, 5.41) is 5.12. The van der Waals surface area contributed by atoms with E-state index < -0.39 is 0 Å². The normalized spacial score (nSPS) is 12.5. The maximum atomic E-state index is 5.12. The van der Waals surface area contributed by atoms with Gasteiger partial charge >= 0.3 is 0 Å². The van der Waals surface area contributed by atoms with E-state index in [9.17, 15) is 0 Å². The second-order valence-electron chi connectivity index (χ2n) is 9.85. The fourth-order valence-corrected chi connectivity index (χ4v) is 3.51. The molecule has 0 radical (unpaired) electrons. The van der Waals surface area contributed by atoms with Gasteiger partial charge in [-0.05, 0) is 56.9 Å². The van der Waals surface area contributed by atoms with Gasteiger partial charge in [0, 0.05) is 43.5 Å². The van der Waals surface area contributed by atoms with Crippen LogP contribution < -0.4 is 0 Å². The SMILES string of the molecule is Cc1cc(-c2c(C(C)(C)C)nn(C(C)C)c2C(C)(C)C)cc(C)c1C.[Pt]. The van der Waals surface area contributed by atoms with E-state index in [-0.39, 0.29) is 31.9 Å². The summed E-state index contributed by atoms with van der Waals surface area (Å²) in [5.74, 6) is 0. The molecule has 0 N–H and O–H groups in total. The molecule has 148 valence electrons. The average molecular weight is 536 g/mol. The van der Waals surface area contributed by atoms with Crippen molar-refractivity contribution < 1.29 is 21.1 Å². The molecule has 1 heterocycles. The second kappa shape index (κ2) is 7.62. The van der Waals surface area contributed by atoms with E-state index >= 15 is 0 Å². The third-order valence-corrected chi connectivity index (χ3v) is 5.04. The quantitative estimate of drug-likeness (QED) is 0.421. The van der Waals surface area contributed by atoms with Crippen LogP contribution in [0.4, 0.5) is 0 Å². The van der Waals surface area contributed by atoms with Crippen molar-refractivity contribution in [1.82, 2.24) is 9.78 Å². The van der Waals surface area contributed by atoms with E-state index in [1.54, 1.807) is 0 Å². The molecule has 3 heteroatoms. The minimum absolute atomic E-state index is 0. The Labute approximate surface area is 175 Å². The molecule has 0 spiro atoms. The van der Waals surface area contributed by atoms with Crippen LogP contribution in [0, 0.1) is 20.8 Å². The largest absolute Gasteiger partial charge is 0.266 e. The Morgan fingerprint density at radius 2 is 1.31 bits per heavy atom. The van der Waals surface area contributed by atoms with Gasteiger partial charge in [0.25, 0.3) is 0 Å². The molecule has 0 atom stereocenters. The first-order chi connectivity index (χ1) is 11.2. The van der Waals surface area contributed by atoms with Gasteiger partial charge in [-0.25, -0.2) is 0 Å². The molecule has 2 aromatic rings. The van der Waals surface area contributed by atoms with Crippen molar-refractivity contribution >= 4 is 0 Å². The predicted molar refractivity (Wildman–Crippen MR) is 110 cm³/mol. The summed E-state index contributed by atoms with van der Waals surface area (Å²) < 4.78 is 2.25. The maximum absolute atomic E-state index is 5.12. The van der Waals surface area contributed by atoms with Crippen molar-refractivity contribution in [3.05, 3.63) is 40.2 Å². The third-order valence-electron chi connectivity index (χ3n) is 5.04. The molecule has 0 bridgehead atoms. The van der Waals surface area contributed by atoms with E-state index in [0.717, 1.165) is 0 Å².